The maximum atomic E-state index is 6.14. The first-order valence-electron chi connectivity index (χ1n) is 6.42. The van der Waals surface area contributed by atoms with E-state index in [2.05, 4.69) is 24.6 Å². The van der Waals surface area contributed by atoms with Gasteiger partial charge in [0.05, 0.1) is 12.2 Å². The fraction of sp³-hybridized carbons (Fsp3) is 0.636. The first-order valence-corrected chi connectivity index (χ1v) is 7.19. The average Bonchev–Trinajstić information content (AvgIpc) is 3.11. The Morgan fingerprint density at radius 1 is 1.37 bits per heavy atom. The molecule has 0 aliphatic carbocycles. The third-order valence-corrected chi connectivity index (χ3v) is 3.90. The van der Waals surface area contributed by atoms with Gasteiger partial charge in [0.15, 0.2) is 5.82 Å². The zero-order valence-electron chi connectivity index (χ0n) is 10.5. The second-order valence-electron chi connectivity index (χ2n) is 4.71. The molecule has 102 valence electrons. The molecule has 0 bridgehead atoms. The van der Waals surface area contributed by atoms with E-state index in [0.717, 1.165) is 24.5 Å². The van der Waals surface area contributed by atoms with E-state index in [1.807, 2.05) is 0 Å². The third kappa shape index (κ3) is 2.96. The smallest absolute Gasteiger partial charge is 0.271 e. The molecular formula is C11H16N6OS. The highest BCUT2D eigenvalue weighted by Gasteiger charge is 2.20. The van der Waals surface area contributed by atoms with Crippen LogP contribution in [0.3, 0.4) is 0 Å². The van der Waals surface area contributed by atoms with Crippen LogP contribution >= 0.6 is 11.5 Å². The van der Waals surface area contributed by atoms with Gasteiger partial charge in [-0.3, -0.25) is 0 Å². The van der Waals surface area contributed by atoms with Gasteiger partial charge in [0.1, 0.15) is 4.88 Å². The summed E-state index contributed by atoms with van der Waals surface area (Å²) in [4.78, 5) is 7.45. The van der Waals surface area contributed by atoms with Gasteiger partial charge in [-0.1, -0.05) is 16.1 Å². The van der Waals surface area contributed by atoms with Gasteiger partial charge < -0.3 is 15.2 Å². The lowest BCUT2D eigenvalue weighted by Gasteiger charge is -2.27. The molecule has 3 heterocycles. The van der Waals surface area contributed by atoms with Gasteiger partial charge in [-0.2, -0.15) is 4.98 Å². The molecule has 1 atom stereocenters. The summed E-state index contributed by atoms with van der Waals surface area (Å²) >= 11 is 1.23. The maximum Gasteiger partial charge on any atom is 0.271 e. The van der Waals surface area contributed by atoms with E-state index in [0.29, 0.717) is 11.7 Å². The van der Waals surface area contributed by atoms with Crippen molar-refractivity contribution in [3.05, 3.63) is 12.0 Å². The summed E-state index contributed by atoms with van der Waals surface area (Å²) in [5.41, 5.74) is 6.14. The summed E-state index contributed by atoms with van der Waals surface area (Å²) < 4.78 is 8.96. The van der Waals surface area contributed by atoms with E-state index in [-0.39, 0.29) is 6.04 Å². The van der Waals surface area contributed by atoms with Gasteiger partial charge in [-0.05, 0) is 37.5 Å². The lowest BCUT2D eigenvalue weighted by Crippen LogP contribution is -2.36. The molecule has 0 radical (unpaired) electrons. The number of likely N-dealkylation sites (tertiary alicyclic amines) is 1. The predicted octanol–water partition coefficient (Wildman–Crippen LogP) is 1.07. The summed E-state index contributed by atoms with van der Waals surface area (Å²) in [6.45, 7) is 2.99. The van der Waals surface area contributed by atoms with Crippen molar-refractivity contribution in [2.75, 3.05) is 19.6 Å². The SMILES string of the molecule is NC(CN1CCCCC1)c1noc(-c2cnns2)n1. The van der Waals surface area contributed by atoms with E-state index < -0.39 is 0 Å². The molecule has 2 aromatic rings. The van der Waals surface area contributed by atoms with Gasteiger partial charge >= 0.3 is 0 Å². The van der Waals surface area contributed by atoms with Gasteiger partial charge in [0.25, 0.3) is 5.89 Å². The molecule has 19 heavy (non-hydrogen) atoms. The lowest BCUT2D eigenvalue weighted by atomic mass is 10.1. The van der Waals surface area contributed by atoms with E-state index in [1.54, 1.807) is 6.20 Å². The largest absolute Gasteiger partial charge is 0.333 e. The van der Waals surface area contributed by atoms with Crippen LogP contribution < -0.4 is 5.73 Å². The number of aromatic nitrogens is 4. The molecule has 0 amide bonds. The van der Waals surface area contributed by atoms with Crippen LogP contribution in [0, 0.1) is 0 Å². The van der Waals surface area contributed by atoms with Crippen LogP contribution in [0.15, 0.2) is 10.7 Å². The molecular weight excluding hydrogens is 264 g/mol. The van der Waals surface area contributed by atoms with Crippen LogP contribution in [0.4, 0.5) is 0 Å². The molecule has 1 aliphatic rings. The number of hydrogen-bond acceptors (Lipinski definition) is 8. The standard InChI is InChI=1S/C11H16N6OS/c12-8(7-17-4-2-1-3-5-17)10-14-11(18-15-10)9-6-13-16-19-9/h6,8H,1-5,7,12H2. The Labute approximate surface area is 115 Å². The first kappa shape index (κ1) is 12.6. The van der Waals surface area contributed by atoms with Crippen molar-refractivity contribution in [1.29, 1.82) is 0 Å². The molecule has 2 N–H and O–H groups in total. The number of hydrogen-bond donors (Lipinski definition) is 1. The van der Waals surface area contributed by atoms with Crippen LogP contribution in [-0.2, 0) is 0 Å². The van der Waals surface area contributed by atoms with Crippen molar-refractivity contribution in [2.45, 2.75) is 25.3 Å². The summed E-state index contributed by atoms with van der Waals surface area (Å²) in [5.74, 6) is 0.994. The highest BCUT2D eigenvalue weighted by Crippen LogP contribution is 2.21. The van der Waals surface area contributed by atoms with Crippen LogP contribution in [0.1, 0.15) is 31.1 Å². The minimum absolute atomic E-state index is 0.212. The van der Waals surface area contributed by atoms with Crippen LogP contribution in [0.25, 0.3) is 10.8 Å². The quantitative estimate of drug-likeness (QED) is 0.895. The average molecular weight is 280 g/mol. The second-order valence-corrected chi connectivity index (χ2v) is 5.49. The second kappa shape index (κ2) is 5.72. The summed E-state index contributed by atoms with van der Waals surface area (Å²) in [6, 6.07) is -0.212. The molecule has 0 saturated carbocycles. The van der Waals surface area contributed by atoms with Crippen LogP contribution in [-0.4, -0.2) is 44.3 Å². The Hall–Kier alpha value is -1.38. The number of nitrogens with two attached hydrogens (primary N) is 1. The number of rotatable bonds is 4. The highest BCUT2D eigenvalue weighted by molar-refractivity contribution is 7.09. The van der Waals surface area contributed by atoms with Gasteiger partial charge in [-0.15, -0.1) is 5.10 Å². The molecule has 8 heteroatoms. The van der Waals surface area contributed by atoms with Gasteiger partial charge in [0, 0.05) is 6.54 Å². The van der Waals surface area contributed by atoms with Crippen molar-refractivity contribution in [1.82, 2.24) is 24.6 Å². The van der Waals surface area contributed by atoms with Crippen LogP contribution in [0.5, 0.6) is 0 Å². The van der Waals surface area contributed by atoms with Crippen molar-refractivity contribution >= 4 is 11.5 Å². The fourth-order valence-electron chi connectivity index (χ4n) is 2.25. The lowest BCUT2D eigenvalue weighted by molar-refractivity contribution is 0.213. The molecule has 0 spiro atoms. The Morgan fingerprint density at radius 3 is 2.95 bits per heavy atom. The first-order chi connectivity index (χ1) is 9.33. The van der Waals surface area contributed by atoms with E-state index in [9.17, 15) is 0 Å². The normalized spacial score (nSPS) is 18.6. The Balaban J connectivity index is 1.65. The molecule has 7 nitrogen and oxygen atoms in total. The summed E-state index contributed by atoms with van der Waals surface area (Å²) in [5, 5.41) is 7.70. The zero-order valence-corrected chi connectivity index (χ0v) is 11.3. The minimum atomic E-state index is -0.212. The van der Waals surface area contributed by atoms with Crippen LogP contribution in [0.2, 0.25) is 0 Å². The number of piperidine rings is 1. The van der Waals surface area contributed by atoms with Crippen molar-refractivity contribution in [3.63, 3.8) is 0 Å². The maximum absolute atomic E-state index is 6.14. The number of nitrogens with zero attached hydrogens (tertiary/aromatic N) is 5. The monoisotopic (exact) mass is 280 g/mol. The Morgan fingerprint density at radius 2 is 2.21 bits per heavy atom. The minimum Gasteiger partial charge on any atom is -0.333 e. The Kier molecular flexibility index (Phi) is 3.81. The molecule has 3 rings (SSSR count). The highest BCUT2D eigenvalue weighted by atomic mass is 32.1. The molecule has 1 unspecified atom stereocenters. The fourth-order valence-corrected chi connectivity index (χ4v) is 2.69. The zero-order chi connectivity index (χ0) is 13.1. The van der Waals surface area contributed by atoms with Gasteiger partial charge in [-0.25, -0.2) is 0 Å². The van der Waals surface area contributed by atoms with Crippen molar-refractivity contribution < 1.29 is 4.52 Å². The van der Waals surface area contributed by atoms with E-state index in [4.69, 9.17) is 10.3 Å². The summed E-state index contributed by atoms with van der Waals surface area (Å²) in [6.07, 6.45) is 5.42. The van der Waals surface area contributed by atoms with E-state index >= 15 is 0 Å². The summed E-state index contributed by atoms with van der Waals surface area (Å²) in [7, 11) is 0. The molecule has 0 aromatic carbocycles. The van der Waals surface area contributed by atoms with E-state index in [1.165, 1.54) is 30.8 Å². The van der Waals surface area contributed by atoms with Crippen molar-refractivity contribution in [2.24, 2.45) is 5.73 Å². The molecule has 1 aliphatic heterocycles. The third-order valence-electron chi connectivity index (χ3n) is 3.25. The molecule has 1 fully saturated rings. The van der Waals surface area contributed by atoms with Crippen molar-refractivity contribution in [3.8, 4) is 10.8 Å². The predicted molar refractivity (Wildman–Crippen MR) is 70.4 cm³/mol. The molecule has 2 aromatic heterocycles. The van der Waals surface area contributed by atoms with Gasteiger partial charge in [0.2, 0.25) is 0 Å². The Bertz CT molecular complexity index is 507. The topological polar surface area (TPSA) is 94.0 Å². The molecule has 1 saturated heterocycles.